The Morgan fingerprint density at radius 1 is 1.28 bits per heavy atom. The van der Waals surface area contributed by atoms with E-state index >= 15 is 0 Å². The molecule has 2 aromatic rings. The first-order valence-corrected chi connectivity index (χ1v) is 14.0. The van der Waals surface area contributed by atoms with E-state index in [1.165, 1.54) is 11.3 Å². The molecular weight excluding hydrogens is 532 g/mol. The van der Waals surface area contributed by atoms with Crippen LogP contribution in [0.5, 0.6) is 0 Å². The number of nitrogens with zero attached hydrogens (tertiary/aromatic N) is 2. The third-order valence-electron chi connectivity index (χ3n) is 7.07. The molecule has 0 spiro atoms. The number of allylic oxidation sites excluding steroid dienone is 3. The molecule has 0 amide bonds. The van der Waals surface area contributed by atoms with Gasteiger partial charge in [-0.1, -0.05) is 43.1 Å². The zero-order valence-electron chi connectivity index (χ0n) is 22.0. The molecule has 2 atom stereocenters. The van der Waals surface area contributed by atoms with Gasteiger partial charge in [0.1, 0.15) is 11.6 Å². The highest BCUT2D eigenvalue weighted by molar-refractivity contribution is 7.22. The number of carboxylic acids is 1. The van der Waals surface area contributed by atoms with Gasteiger partial charge in [0, 0.05) is 30.3 Å². The fourth-order valence-corrected chi connectivity index (χ4v) is 6.32. The van der Waals surface area contributed by atoms with Gasteiger partial charge < -0.3 is 14.7 Å². The Morgan fingerprint density at radius 2 is 2.08 bits per heavy atom. The zero-order valence-corrected chi connectivity index (χ0v) is 22.8. The Morgan fingerprint density at radius 3 is 2.79 bits per heavy atom. The van der Waals surface area contributed by atoms with Crippen molar-refractivity contribution in [3.8, 4) is 0 Å². The molecule has 4 rings (SSSR count). The van der Waals surface area contributed by atoms with Gasteiger partial charge in [-0.3, -0.25) is 0 Å². The van der Waals surface area contributed by atoms with Crippen molar-refractivity contribution < 1.29 is 32.2 Å². The number of carboxylic acid groups (broad SMARTS) is 1. The minimum Gasteiger partial charge on any atom is -0.481 e. The highest BCUT2D eigenvalue weighted by Crippen LogP contribution is 2.39. The van der Waals surface area contributed by atoms with Crippen molar-refractivity contribution in [3.05, 3.63) is 58.5 Å². The predicted molar refractivity (Wildman–Crippen MR) is 143 cm³/mol. The number of thiazole rings is 1. The number of benzene rings is 1. The quantitative estimate of drug-likeness (QED) is 0.235. The molecule has 1 fully saturated rings. The monoisotopic (exact) mass is 564 g/mol. The number of aromatic nitrogens is 1. The van der Waals surface area contributed by atoms with Crippen LogP contribution in [-0.4, -0.2) is 35.3 Å². The van der Waals surface area contributed by atoms with Gasteiger partial charge in [-0.05, 0) is 62.5 Å². The number of aliphatic carboxylic acids is 1. The molecule has 5 nitrogen and oxygen atoms in total. The van der Waals surface area contributed by atoms with Gasteiger partial charge in [-0.2, -0.15) is 13.2 Å². The zero-order chi connectivity index (χ0) is 28.2. The highest BCUT2D eigenvalue weighted by atomic mass is 32.1. The van der Waals surface area contributed by atoms with Gasteiger partial charge in [0.25, 0.3) is 0 Å². The second kappa shape index (κ2) is 12.4. The molecule has 1 aliphatic carbocycles. The second-order valence-corrected chi connectivity index (χ2v) is 11.6. The summed E-state index contributed by atoms with van der Waals surface area (Å²) in [5, 5.41) is 9.44. The molecule has 2 aliphatic rings. The molecule has 210 valence electrons. The molecule has 10 heteroatoms. The number of anilines is 1. The molecule has 0 radical (unpaired) electrons. The summed E-state index contributed by atoms with van der Waals surface area (Å²) in [6.07, 6.45) is 5.23. The van der Waals surface area contributed by atoms with Gasteiger partial charge in [0.05, 0.1) is 15.8 Å². The summed E-state index contributed by atoms with van der Waals surface area (Å²) in [4.78, 5) is 17.5. The first-order valence-electron chi connectivity index (χ1n) is 13.2. The van der Waals surface area contributed by atoms with Crippen LogP contribution in [0.3, 0.4) is 0 Å². The molecule has 0 bridgehead atoms. The molecule has 1 unspecified atom stereocenters. The van der Waals surface area contributed by atoms with Crippen molar-refractivity contribution in [3.63, 3.8) is 0 Å². The van der Waals surface area contributed by atoms with E-state index < -0.39 is 30.1 Å². The lowest BCUT2D eigenvalue weighted by Crippen LogP contribution is -2.35. The Balaban J connectivity index is 1.42. The van der Waals surface area contributed by atoms with Gasteiger partial charge in [0.15, 0.2) is 11.7 Å². The Labute approximate surface area is 229 Å². The molecule has 1 aromatic carbocycles. The molecule has 1 aliphatic heterocycles. The average Bonchev–Trinajstić information content (AvgIpc) is 3.16. The van der Waals surface area contributed by atoms with E-state index in [0.29, 0.717) is 27.4 Å². The molecule has 2 heterocycles. The minimum absolute atomic E-state index is 0.216. The Kier molecular flexibility index (Phi) is 9.21. The largest absolute Gasteiger partial charge is 0.481 e. The summed E-state index contributed by atoms with van der Waals surface area (Å²) in [6, 6.07) is 1.99. The first kappa shape index (κ1) is 28.9. The lowest BCUT2D eigenvalue weighted by molar-refractivity contribution is -0.141. The van der Waals surface area contributed by atoms with Crippen LogP contribution in [0.1, 0.15) is 64.4 Å². The van der Waals surface area contributed by atoms with Crippen molar-refractivity contribution in [2.75, 3.05) is 18.1 Å². The third-order valence-corrected chi connectivity index (χ3v) is 8.13. The molecular formula is C29H32F4N2O3S. The maximum atomic E-state index is 14.2. The van der Waals surface area contributed by atoms with E-state index in [4.69, 9.17) is 9.84 Å². The predicted octanol–water partition coefficient (Wildman–Crippen LogP) is 7.88. The maximum Gasteiger partial charge on any atom is 0.419 e. The lowest BCUT2D eigenvalue weighted by atomic mass is 9.91. The van der Waals surface area contributed by atoms with E-state index in [-0.39, 0.29) is 11.6 Å². The van der Waals surface area contributed by atoms with Crippen LogP contribution >= 0.6 is 11.3 Å². The number of hydrogen-bond donors (Lipinski definition) is 1. The van der Waals surface area contributed by atoms with Crippen LogP contribution in [0.2, 0.25) is 0 Å². The average molecular weight is 565 g/mol. The van der Waals surface area contributed by atoms with E-state index in [1.54, 1.807) is 12.2 Å². The normalized spacial score (nSPS) is 19.8. The van der Waals surface area contributed by atoms with Crippen LogP contribution in [0.15, 0.2) is 47.1 Å². The number of carbonyl (C=O) groups is 1. The van der Waals surface area contributed by atoms with E-state index in [2.05, 4.69) is 35.2 Å². The molecule has 0 saturated carbocycles. The number of ether oxygens (including phenoxy) is 1. The van der Waals surface area contributed by atoms with Gasteiger partial charge >= 0.3 is 12.1 Å². The van der Waals surface area contributed by atoms with Crippen LogP contribution in [0.25, 0.3) is 10.2 Å². The number of halogens is 4. The topological polar surface area (TPSA) is 62.7 Å². The summed E-state index contributed by atoms with van der Waals surface area (Å²) in [7, 11) is 0. The van der Waals surface area contributed by atoms with Crippen LogP contribution in [0.4, 0.5) is 22.7 Å². The Hall–Kier alpha value is -3.06. The summed E-state index contributed by atoms with van der Waals surface area (Å²) in [6.45, 7) is 4.66. The van der Waals surface area contributed by atoms with E-state index in [9.17, 15) is 22.4 Å². The fourth-order valence-electron chi connectivity index (χ4n) is 5.23. The van der Waals surface area contributed by atoms with Gasteiger partial charge in [0.2, 0.25) is 0 Å². The van der Waals surface area contributed by atoms with E-state index in [0.717, 1.165) is 69.2 Å². The minimum atomic E-state index is -4.75. The van der Waals surface area contributed by atoms with Gasteiger partial charge in [-0.15, -0.1) is 0 Å². The van der Waals surface area contributed by atoms with Crippen molar-refractivity contribution in [1.29, 1.82) is 0 Å². The number of alkyl halides is 3. The second-order valence-electron chi connectivity index (χ2n) is 10.6. The third kappa shape index (κ3) is 7.75. The number of rotatable bonds is 10. The van der Waals surface area contributed by atoms with Gasteiger partial charge in [-0.25, -0.2) is 14.2 Å². The highest BCUT2D eigenvalue weighted by Gasteiger charge is 2.35. The molecule has 1 aromatic heterocycles. The molecule has 1 saturated heterocycles. The smallest absolute Gasteiger partial charge is 0.419 e. The van der Waals surface area contributed by atoms with Crippen molar-refractivity contribution in [1.82, 2.24) is 4.98 Å². The van der Waals surface area contributed by atoms with Crippen molar-refractivity contribution >= 4 is 32.7 Å². The van der Waals surface area contributed by atoms with Crippen LogP contribution in [0, 0.1) is 17.7 Å². The number of hydrogen-bond acceptors (Lipinski definition) is 5. The summed E-state index contributed by atoms with van der Waals surface area (Å²) in [5.74, 6) is -0.934. The SMILES string of the molecule is CC(C)C[C@@H]1CCC(CCCC2=C=C=CC(OCC(=O)O)=C2)CCN1c1nc2cc(F)c(C(F)(F)F)cc2s1. The molecule has 39 heavy (non-hydrogen) atoms. The Bertz CT molecular complexity index is 1330. The molecule has 1 N–H and O–H groups in total. The van der Waals surface area contributed by atoms with Crippen molar-refractivity contribution in [2.45, 2.75) is 71.0 Å². The summed E-state index contributed by atoms with van der Waals surface area (Å²) >= 11 is 1.20. The van der Waals surface area contributed by atoms with Crippen molar-refractivity contribution in [2.24, 2.45) is 11.8 Å². The summed E-state index contributed by atoms with van der Waals surface area (Å²) < 4.78 is 59.4. The van der Waals surface area contributed by atoms with Crippen LogP contribution < -0.4 is 4.90 Å². The van der Waals surface area contributed by atoms with E-state index in [1.807, 2.05) is 0 Å². The maximum absolute atomic E-state index is 14.2. The lowest BCUT2D eigenvalue weighted by Gasteiger charge is -2.31. The van der Waals surface area contributed by atoms with Crippen LogP contribution in [-0.2, 0) is 15.7 Å². The fraction of sp³-hybridized carbons (Fsp3) is 0.517. The summed E-state index contributed by atoms with van der Waals surface area (Å²) in [5.41, 5.74) is 5.88. The standard InChI is InChI=1S/C29H32F4N2O3S/c1-18(2)13-21-10-9-19(5-3-6-20-7-4-8-22(14-20)38-17-27(36)37)11-12-35(21)28-34-25-16-24(30)23(29(31,32)33)15-26(25)39-28/h8,14-16,18-19,21H,3,5-6,9-13,17H2,1-2H3,(H,36,37)/t19?,21-/m0/s1. The first-order chi connectivity index (χ1) is 18.5. The number of fused-ring (bicyclic) bond motifs is 1.